The maximum Gasteiger partial charge on any atom is 2.00 e. The van der Waals surface area contributed by atoms with Crippen LogP contribution < -0.4 is 11.7 Å². The Balaban J connectivity index is 0.000000257. The Morgan fingerprint density at radius 2 is 0.706 bits per heavy atom. The first-order chi connectivity index (χ1) is 24.4. The van der Waals surface area contributed by atoms with E-state index >= 15 is 0 Å². The van der Waals surface area contributed by atoms with Gasteiger partial charge >= 0.3 is 16.8 Å². The molecule has 0 atom stereocenters. The number of nitrogens with two attached hydrogens (primary N) is 2. The fraction of sp³-hybridized carbons (Fsp3) is 0. The summed E-state index contributed by atoms with van der Waals surface area (Å²) in [4.78, 5) is 16.8. The number of hydrogen-bond donors (Lipinski definition) is 2. The van der Waals surface area contributed by atoms with Crippen LogP contribution in [-0.2, 0) is 16.8 Å². The Hall–Kier alpha value is -8.15. The van der Waals surface area contributed by atoms with E-state index in [2.05, 4.69) is 40.3 Å². The van der Waals surface area contributed by atoms with E-state index < -0.39 is 11.1 Å². The van der Waals surface area contributed by atoms with E-state index in [-0.39, 0.29) is 16.8 Å². The van der Waals surface area contributed by atoms with Crippen LogP contribution in [0.1, 0.15) is 0 Å². The molecule has 19 heteroatoms. The van der Waals surface area contributed by atoms with Crippen molar-refractivity contribution in [3.05, 3.63) is 120 Å². The zero-order valence-electron chi connectivity index (χ0n) is 25.9. The number of aromatic nitrogens is 10. The summed E-state index contributed by atoms with van der Waals surface area (Å²) in [6, 6.07) is 27.7. The second kappa shape index (κ2) is 20.9. The molecule has 0 bridgehead atoms. The molecule has 0 aliphatic rings. The van der Waals surface area contributed by atoms with Gasteiger partial charge in [-0.15, -0.1) is 20.4 Å². The predicted molar refractivity (Wildman–Crippen MR) is 179 cm³/mol. The predicted octanol–water partition coefficient (Wildman–Crippen LogP) is 2.63. The van der Waals surface area contributed by atoms with Gasteiger partial charge in [-0.3, -0.25) is 19.9 Å². The van der Waals surface area contributed by atoms with Crippen LogP contribution in [0.5, 0.6) is 0 Å². The number of nitriles is 4. The first kappa shape index (κ1) is 39.0. The van der Waals surface area contributed by atoms with Crippen molar-refractivity contribution in [1.82, 2.24) is 49.7 Å². The van der Waals surface area contributed by atoms with Gasteiger partial charge in [0.2, 0.25) is 23.3 Å². The van der Waals surface area contributed by atoms with Crippen molar-refractivity contribution < 1.29 is 16.8 Å². The van der Waals surface area contributed by atoms with Crippen molar-refractivity contribution in [3.63, 3.8) is 0 Å². The van der Waals surface area contributed by atoms with Gasteiger partial charge in [-0.2, -0.15) is 21.0 Å². The first-order valence-corrected chi connectivity index (χ1v) is 13.6. The van der Waals surface area contributed by atoms with Crippen LogP contribution in [-0.4, -0.2) is 61.4 Å². The number of hydrogen-bond acceptors (Lipinski definition) is 14. The smallest absolute Gasteiger partial charge is 0.762 e. The molecule has 6 aromatic rings. The average molecular weight is 716 g/mol. The summed E-state index contributed by atoms with van der Waals surface area (Å²) in [5.41, 5.74) is 1.90. The Bertz CT molecular complexity index is 1970. The van der Waals surface area contributed by atoms with Crippen molar-refractivity contribution in [3.8, 4) is 70.4 Å². The molecule has 0 aliphatic heterocycles. The van der Waals surface area contributed by atoms with E-state index in [0.29, 0.717) is 46.1 Å². The summed E-state index contributed by atoms with van der Waals surface area (Å²) in [5, 5.41) is 63.0. The Kier molecular flexibility index (Phi) is 16.0. The van der Waals surface area contributed by atoms with Crippen LogP contribution in [0.4, 0.5) is 0 Å². The molecule has 1 radical (unpaired) electrons. The molecule has 0 unspecified atom stereocenters. The topological polar surface area (TPSA) is 305 Å². The Labute approximate surface area is 300 Å². The van der Waals surface area contributed by atoms with E-state index in [0.717, 1.165) is 0 Å². The second-order valence-electron chi connectivity index (χ2n) is 8.72. The third-order valence-corrected chi connectivity index (χ3v) is 5.64. The van der Waals surface area contributed by atoms with Crippen LogP contribution in [0.3, 0.4) is 0 Å². The Morgan fingerprint density at radius 3 is 0.843 bits per heavy atom. The first-order valence-electron chi connectivity index (χ1n) is 13.6. The third-order valence-electron chi connectivity index (χ3n) is 5.64. The number of allylic oxidation sites excluding steroid dienone is 2. The molecule has 0 amide bonds. The Morgan fingerprint density at radius 1 is 0.471 bits per heavy atom. The van der Waals surface area contributed by atoms with E-state index in [9.17, 15) is 0 Å². The van der Waals surface area contributed by atoms with Gasteiger partial charge in [0.05, 0.1) is 0 Å². The van der Waals surface area contributed by atoms with Gasteiger partial charge < -0.3 is 22.5 Å². The molecule has 0 spiro atoms. The van der Waals surface area contributed by atoms with Crippen LogP contribution in [0, 0.1) is 45.3 Å². The summed E-state index contributed by atoms with van der Waals surface area (Å²) >= 11 is 0. The van der Waals surface area contributed by atoms with Crippen molar-refractivity contribution in [2.45, 2.75) is 0 Å². The molecule has 0 aromatic carbocycles. The number of rotatable bonds is 4. The maximum atomic E-state index is 7.79. The van der Waals surface area contributed by atoms with Crippen molar-refractivity contribution in [2.24, 2.45) is 0 Å². The minimum absolute atomic E-state index is 0. The molecular formula is C32H20CoN18. The molecule has 6 aromatic heterocycles. The van der Waals surface area contributed by atoms with E-state index in [1.54, 1.807) is 24.8 Å². The molecule has 51 heavy (non-hydrogen) atoms. The molecule has 0 fully saturated rings. The maximum absolute atomic E-state index is 7.79. The monoisotopic (exact) mass is 715 g/mol. The third kappa shape index (κ3) is 11.0. The zero-order chi connectivity index (χ0) is 36.1. The summed E-state index contributed by atoms with van der Waals surface area (Å²) < 4.78 is 2.79. The van der Waals surface area contributed by atoms with E-state index in [4.69, 9.17) is 43.6 Å². The van der Waals surface area contributed by atoms with Gasteiger partial charge in [-0.1, -0.05) is 24.3 Å². The molecule has 247 valence electrons. The normalized spacial score (nSPS) is 8.71. The summed E-state index contributed by atoms with van der Waals surface area (Å²) in [5.74, 6) is 16.8. The number of nitrogen functional groups attached to an aromatic ring is 2. The minimum atomic E-state index is -0.403. The second-order valence-corrected chi connectivity index (χ2v) is 8.72. The molecule has 6 heterocycles. The summed E-state index contributed by atoms with van der Waals surface area (Å²) in [7, 11) is 0. The number of nitrogens with zero attached hydrogens (tertiary/aromatic N) is 16. The van der Waals surface area contributed by atoms with Gasteiger partial charge in [0.25, 0.3) is 0 Å². The molecule has 18 nitrogen and oxygen atoms in total. The largest absolute Gasteiger partial charge is 2.00 e. The van der Waals surface area contributed by atoms with Crippen molar-refractivity contribution in [1.29, 1.82) is 21.0 Å². The zero-order valence-corrected chi connectivity index (χ0v) is 26.9. The molecule has 6 rings (SSSR count). The van der Waals surface area contributed by atoms with Gasteiger partial charge in [0, 0.05) is 24.8 Å². The molecular weight excluding hydrogens is 695 g/mol. The molecule has 0 aliphatic carbocycles. The van der Waals surface area contributed by atoms with Gasteiger partial charge in [0.1, 0.15) is 58.2 Å². The quantitative estimate of drug-likeness (QED) is 0.151. The fourth-order valence-corrected chi connectivity index (χ4v) is 3.41. The minimum Gasteiger partial charge on any atom is -0.762 e. The van der Waals surface area contributed by atoms with Crippen LogP contribution >= 0.6 is 0 Å². The van der Waals surface area contributed by atoms with Gasteiger partial charge in [-0.05, 0) is 48.5 Å². The summed E-state index contributed by atoms with van der Waals surface area (Å²) in [6.45, 7) is 0. The average Bonchev–Trinajstić information content (AvgIpc) is 3.77. The molecule has 0 saturated carbocycles. The van der Waals surface area contributed by atoms with E-state index in [1.165, 1.54) is 45.4 Å². The standard InChI is InChI=1S/2C12H10N6.2C4N3.Co/c2*13-18-11(9-5-1-3-7-14-9)16-17-12(18)10-6-2-4-8-15-10;2*5-1-4(2-6)3-7;/h2*1-8H,13H2;;;/q;;2*-1;+2. The van der Waals surface area contributed by atoms with Gasteiger partial charge in [-0.25, -0.2) is 21.1 Å². The van der Waals surface area contributed by atoms with Crippen LogP contribution in [0.25, 0.3) is 56.9 Å². The van der Waals surface area contributed by atoms with Crippen molar-refractivity contribution in [2.75, 3.05) is 11.7 Å². The van der Waals surface area contributed by atoms with Crippen LogP contribution in [0.15, 0.2) is 109 Å². The fourth-order valence-electron chi connectivity index (χ4n) is 3.41. The van der Waals surface area contributed by atoms with E-state index in [1.807, 2.05) is 72.8 Å². The molecule has 0 saturated heterocycles. The molecule has 4 N–H and O–H groups in total. The van der Waals surface area contributed by atoms with Gasteiger partial charge in [0.15, 0.2) is 0 Å². The SMILES string of the molecule is N#CC(=C=[N-])C#N.N#CC(=C=[N-])C#N.Nn1c(-c2ccccn2)nnc1-c1ccccn1.Nn1c(-c2ccccn2)nnc1-c1ccccn1.[Co+2]. The van der Waals surface area contributed by atoms with Crippen molar-refractivity contribution >= 4 is 11.7 Å². The summed E-state index contributed by atoms with van der Waals surface area (Å²) in [6.07, 6.45) is 6.74. The van der Waals surface area contributed by atoms with Crippen LogP contribution in [0.2, 0.25) is 0 Å². The number of pyridine rings is 4.